The SMILES string of the molecule is Nc1[nH]ncc1S(=O)(=O)NCCOC1CCCCC1. The first-order valence-electron chi connectivity index (χ1n) is 6.50. The van der Waals surface area contributed by atoms with E-state index in [-0.39, 0.29) is 23.4 Å². The van der Waals surface area contributed by atoms with Gasteiger partial charge < -0.3 is 10.5 Å². The Kier molecular flexibility index (Phi) is 4.78. The molecular formula is C11H20N4O3S. The number of hydrogen-bond donors (Lipinski definition) is 3. The second-order valence-corrected chi connectivity index (χ2v) is 6.41. The molecule has 0 saturated heterocycles. The van der Waals surface area contributed by atoms with E-state index in [0.717, 1.165) is 12.8 Å². The molecule has 0 unspecified atom stereocenters. The molecule has 108 valence electrons. The average molecular weight is 288 g/mol. The van der Waals surface area contributed by atoms with Crippen LogP contribution in [-0.4, -0.2) is 37.9 Å². The van der Waals surface area contributed by atoms with Crippen LogP contribution in [0.4, 0.5) is 5.82 Å². The molecule has 1 heterocycles. The Labute approximate surface area is 113 Å². The third kappa shape index (κ3) is 3.92. The number of nitrogen functional groups attached to an aromatic ring is 1. The van der Waals surface area contributed by atoms with Gasteiger partial charge >= 0.3 is 0 Å². The summed E-state index contributed by atoms with van der Waals surface area (Å²) in [6.45, 7) is 0.616. The fraction of sp³-hybridized carbons (Fsp3) is 0.727. The monoisotopic (exact) mass is 288 g/mol. The third-order valence-corrected chi connectivity index (χ3v) is 4.71. The van der Waals surface area contributed by atoms with E-state index in [1.54, 1.807) is 0 Å². The first-order chi connectivity index (χ1) is 9.09. The molecule has 0 atom stereocenters. The van der Waals surface area contributed by atoms with E-state index < -0.39 is 10.0 Å². The number of nitrogens with zero attached hydrogens (tertiary/aromatic N) is 1. The number of H-pyrrole nitrogens is 1. The molecule has 19 heavy (non-hydrogen) atoms. The fourth-order valence-electron chi connectivity index (χ4n) is 2.21. The molecular weight excluding hydrogens is 268 g/mol. The quantitative estimate of drug-likeness (QED) is 0.665. The summed E-state index contributed by atoms with van der Waals surface area (Å²) in [5.74, 6) is 0.0423. The van der Waals surface area contributed by atoms with Crippen molar-refractivity contribution >= 4 is 15.8 Å². The Morgan fingerprint density at radius 3 is 2.79 bits per heavy atom. The van der Waals surface area contributed by atoms with E-state index >= 15 is 0 Å². The molecule has 0 bridgehead atoms. The van der Waals surface area contributed by atoms with Crippen LogP contribution in [0.3, 0.4) is 0 Å². The van der Waals surface area contributed by atoms with Crippen LogP contribution in [0, 0.1) is 0 Å². The van der Waals surface area contributed by atoms with Gasteiger partial charge in [-0.25, -0.2) is 13.1 Å². The highest BCUT2D eigenvalue weighted by Crippen LogP contribution is 2.20. The summed E-state index contributed by atoms with van der Waals surface area (Å²) < 4.78 is 31.8. The van der Waals surface area contributed by atoms with Crippen LogP contribution in [0.5, 0.6) is 0 Å². The molecule has 0 spiro atoms. The van der Waals surface area contributed by atoms with Crippen molar-refractivity contribution < 1.29 is 13.2 Å². The molecule has 0 aliphatic heterocycles. The van der Waals surface area contributed by atoms with E-state index in [1.165, 1.54) is 25.5 Å². The van der Waals surface area contributed by atoms with E-state index in [2.05, 4.69) is 14.9 Å². The van der Waals surface area contributed by atoms with Crippen LogP contribution in [0.2, 0.25) is 0 Å². The minimum Gasteiger partial charge on any atom is -0.383 e. The van der Waals surface area contributed by atoms with Crippen LogP contribution >= 0.6 is 0 Å². The van der Waals surface area contributed by atoms with Crippen LogP contribution in [-0.2, 0) is 14.8 Å². The molecule has 7 nitrogen and oxygen atoms in total. The highest BCUT2D eigenvalue weighted by atomic mass is 32.2. The lowest BCUT2D eigenvalue weighted by atomic mass is 9.98. The number of ether oxygens (including phenoxy) is 1. The van der Waals surface area contributed by atoms with Gasteiger partial charge in [-0.2, -0.15) is 5.10 Å². The lowest BCUT2D eigenvalue weighted by Gasteiger charge is -2.21. The summed E-state index contributed by atoms with van der Waals surface area (Å²) >= 11 is 0. The molecule has 4 N–H and O–H groups in total. The summed E-state index contributed by atoms with van der Waals surface area (Å²) in [6.07, 6.45) is 7.27. The first kappa shape index (κ1) is 14.3. The van der Waals surface area contributed by atoms with Gasteiger partial charge in [0, 0.05) is 6.54 Å². The molecule has 8 heteroatoms. The summed E-state index contributed by atoms with van der Waals surface area (Å²) in [5, 5.41) is 5.98. The predicted molar refractivity (Wildman–Crippen MR) is 71.0 cm³/mol. The van der Waals surface area contributed by atoms with E-state index in [4.69, 9.17) is 10.5 Å². The van der Waals surface area contributed by atoms with Crippen molar-refractivity contribution in [3.05, 3.63) is 6.20 Å². The topological polar surface area (TPSA) is 110 Å². The van der Waals surface area contributed by atoms with E-state index in [9.17, 15) is 8.42 Å². The van der Waals surface area contributed by atoms with Crippen LogP contribution in [0.15, 0.2) is 11.1 Å². The maximum atomic E-state index is 11.9. The molecule has 1 saturated carbocycles. The first-order valence-corrected chi connectivity index (χ1v) is 7.98. The second-order valence-electron chi connectivity index (χ2n) is 4.68. The minimum atomic E-state index is -3.60. The van der Waals surface area contributed by atoms with Crippen LogP contribution < -0.4 is 10.5 Å². The average Bonchev–Trinajstić information content (AvgIpc) is 2.83. The van der Waals surface area contributed by atoms with Crippen molar-refractivity contribution in [3.63, 3.8) is 0 Å². The Morgan fingerprint density at radius 2 is 2.16 bits per heavy atom. The number of hydrogen-bond acceptors (Lipinski definition) is 5. The zero-order valence-electron chi connectivity index (χ0n) is 10.8. The van der Waals surface area contributed by atoms with Crippen molar-refractivity contribution in [2.45, 2.75) is 43.1 Å². The lowest BCUT2D eigenvalue weighted by Crippen LogP contribution is -2.29. The molecule has 0 aromatic carbocycles. The van der Waals surface area contributed by atoms with Crippen molar-refractivity contribution in [2.75, 3.05) is 18.9 Å². The van der Waals surface area contributed by atoms with Gasteiger partial charge in [0.1, 0.15) is 10.7 Å². The van der Waals surface area contributed by atoms with Crippen LogP contribution in [0.25, 0.3) is 0 Å². The van der Waals surface area contributed by atoms with Crippen molar-refractivity contribution in [1.82, 2.24) is 14.9 Å². The van der Waals surface area contributed by atoms with Gasteiger partial charge in [-0.3, -0.25) is 5.10 Å². The molecule has 1 aliphatic carbocycles. The number of nitrogens with two attached hydrogens (primary N) is 1. The Balaban J connectivity index is 1.74. The summed E-state index contributed by atoms with van der Waals surface area (Å²) in [5.41, 5.74) is 5.48. The summed E-state index contributed by atoms with van der Waals surface area (Å²) in [4.78, 5) is -0.0230. The predicted octanol–water partition coefficient (Wildman–Crippen LogP) is 0.619. The van der Waals surface area contributed by atoms with E-state index in [0.29, 0.717) is 6.61 Å². The largest absolute Gasteiger partial charge is 0.383 e. The Morgan fingerprint density at radius 1 is 1.42 bits per heavy atom. The minimum absolute atomic E-state index is 0.0230. The van der Waals surface area contributed by atoms with Gasteiger partial charge in [0.25, 0.3) is 0 Å². The molecule has 1 aromatic rings. The highest BCUT2D eigenvalue weighted by Gasteiger charge is 2.19. The zero-order valence-corrected chi connectivity index (χ0v) is 11.6. The number of aromatic amines is 1. The van der Waals surface area contributed by atoms with Gasteiger partial charge in [0.2, 0.25) is 10.0 Å². The van der Waals surface area contributed by atoms with E-state index in [1.807, 2.05) is 0 Å². The van der Waals surface area contributed by atoms with Crippen LogP contribution in [0.1, 0.15) is 32.1 Å². The molecule has 1 aromatic heterocycles. The smallest absolute Gasteiger partial charge is 0.245 e. The molecule has 1 aliphatic rings. The summed E-state index contributed by atoms with van der Waals surface area (Å²) in [6, 6.07) is 0. The molecule has 2 rings (SSSR count). The standard InChI is InChI=1S/C11H20N4O3S/c12-11-10(8-13-15-11)19(16,17)14-6-7-18-9-4-2-1-3-5-9/h8-9,14H,1-7H2,(H3,12,13,15). The summed E-state index contributed by atoms with van der Waals surface area (Å²) in [7, 11) is -3.60. The van der Waals surface area contributed by atoms with Crippen molar-refractivity contribution in [2.24, 2.45) is 0 Å². The number of nitrogens with one attached hydrogen (secondary N) is 2. The second kappa shape index (κ2) is 6.36. The van der Waals surface area contributed by atoms with Gasteiger partial charge in [0.15, 0.2) is 0 Å². The number of anilines is 1. The number of aromatic nitrogens is 2. The van der Waals surface area contributed by atoms with Crippen molar-refractivity contribution in [3.8, 4) is 0 Å². The Hall–Kier alpha value is -1.12. The molecule has 0 radical (unpaired) electrons. The normalized spacial score (nSPS) is 17.7. The van der Waals surface area contributed by atoms with Gasteiger partial charge in [-0.15, -0.1) is 0 Å². The van der Waals surface area contributed by atoms with Gasteiger partial charge in [-0.1, -0.05) is 19.3 Å². The number of rotatable bonds is 6. The lowest BCUT2D eigenvalue weighted by molar-refractivity contribution is 0.0321. The fourth-order valence-corrected chi connectivity index (χ4v) is 3.24. The number of sulfonamides is 1. The van der Waals surface area contributed by atoms with Gasteiger partial charge in [0.05, 0.1) is 18.9 Å². The van der Waals surface area contributed by atoms with Gasteiger partial charge in [-0.05, 0) is 12.8 Å². The maximum Gasteiger partial charge on any atom is 0.245 e. The zero-order chi connectivity index (χ0) is 13.7. The maximum absolute atomic E-state index is 11.9. The van der Waals surface area contributed by atoms with Crippen molar-refractivity contribution in [1.29, 1.82) is 0 Å². The highest BCUT2D eigenvalue weighted by molar-refractivity contribution is 7.89. The Bertz CT molecular complexity index is 494. The molecule has 1 fully saturated rings. The third-order valence-electron chi connectivity index (χ3n) is 3.22. The molecule has 0 amide bonds.